The zero-order valence-corrected chi connectivity index (χ0v) is 16.5. The maximum Gasteiger partial charge on any atom is 0.302 e. The third-order valence-corrected chi connectivity index (χ3v) is 8.45. The summed E-state index contributed by atoms with van der Waals surface area (Å²) in [5, 5.41) is 12.1. The summed E-state index contributed by atoms with van der Waals surface area (Å²) in [5.41, 5.74) is -0.0112. The van der Waals surface area contributed by atoms with Crippen molar-refractivity contribution >= 4 is 5.97 Å². The highest BCUT2D eigenvalue weighted by molar-refractivity contribution is 5.65. The summed E-state index contributed by atoms with van der Waals surface area (Å²) in [7, 11) is 0. The smallest absolute Gasteiger partial charge is 0.302 e. The fourth-order valence-corrected chi connectivity index (χ4v) is 6.86. The molecule has 1 aromatic rings. The van der Waals surface area contributed by atoms with Gasteiger partial charge in [0.25, 0.3) is 0 Å². The van der Waals surface area contributed by atoms with Crippen molar-refractivity contribution in [1.29, 1.82) is 0 Å². The second-order valence-electron chi connectivity index (χ2n) is 9.57. The summed E-state index contributed by atoms with van der Waals surface area (Å²) in [6, 6.07) is 2.13. The summed E-state index contributed by atoms with van der Waals surface area (Å²) >= 11 is 0. The molecular weight excluding hydrogens is 328 g/mol. The Hall–Kier alpha value is -1.29. The Kier molecular flexibility index (Phi) is 4.07. The number of carbonyl (C=O) groups excluding carboxylic acids is 1. The van der Waals surface area contributed by atoms with Crippen LogP contribution in [-0.2, 0) is 16.0 Å². The van der Waals surface area contributed by atoms with Crippen LogP contribution in [0.5, 0.6) is 0 Å². The van der Waals surface area contributed by atoms with E-state index in [-0.39, 0.29) is 16.8 Å². The molecule has 4 nitrogen and oxygen atoms in total. The number of rotatable bonds is 2. The zero-order valence-electron chi connectivity index (χ0n) is 16.5. The van der Waals surface area contributed by atoms with E-state index in [1.54, 1.807) is 0 Å². The maximum absolute atomic E-state index is 12.1. The molecule has 1 N–H and O–H groups in total. The van der Waals surface area contributed by atoms with Crippen LogP contribution < -0.4 is 0 Å². The molecule has 0 aromatic carbocycles. The molecule has 0 saturated heterocycles. The van der Waals surface area contributed by atoms with Gasteiger partial charge in [-0.05, 0) is 55.1 Å². The van der Waals surface area contributed by atoms with Gasteiger partial charge in [0.15, 0.2) is 0 Å². The lowest BCUT2D eigenvalue weighted by atomic mass is 9.41. The van der Waals surface area contributed by atoms with Crippen LogP contribution in [0.15, 0.2) is 16.7 Å². The van der Waals surface area contributed by atoms with Gasteiger partial charge >= 0.3 is 5.97 Å². The van der Waals surface area contributed by atoms with Gasteiger partial charge in [0.2, 0.25) is 0 Å². The van der Waals surface area contributed by atoms with Crippen LogP contribution in [0.4, 0.5) is 0 Å². The molecule has 0 aliphatic heterocycles. The molecule has 0 amide bonds. The first kappa shape index (κ1) is 18.1. The predicted molar refractivity (Wildman–Crippen MR) is 98.7 cm³/mol. The first-order chi connectivity index (χ1) is 12.2. The first-order valence-electron chi connectivity index (χ1n) is 10.1. The number of aliphatic hydroxyl groups is 1. The number of fused-ring (bicyclic) bond motifs is 4. The number of carbonyl (C=O) groups is 1. The minimum absolute atomic E-state index is 0.179. The van der Waals surface area contributed by atoms with Gasteiger partial charge in [0.05, 0.1) is 18.5 Å². The molecule has 3 aliphatic carbocycles. The van der Waals surface area contributed by atoms with Crippen LogP contribution in [0.1, 0.15) is 77.0 Å². The first-order valence-corrected chi connectivity index (χ1v) is 10.1. The molecule has 6 atom stereocenters. The van der Waals surface area contributed by atoms with Gasteiger partial charge in [0.1, 0.15) is 5.76 Å². The normalized spacial score (nSPS) is 44.6. The van der Waals surface area contributed by atoms with Gasteiger partial charge in [0, 0.05) is 24.2 Å². The molecule has 4 rings (SSSR count). The van der Waals surface area contributed by atoms with Crippen LogP contribution in [0.3, 0.4) is 0 Å². The Morgan fingerprint density at radius 2 is 2.12 bits per heavy atom. The maximum atomic E-state index is 12.1. The Morgan fingerprint density at radius 1 is 1.35 bits per heavy atom. The van der Waals surface area contributed by atoms with E-state index >= 15 is 0 Å². The molecule has 3 aliphatic rings. The highest BCUT2D eigenvalue weighted by Crippen LogP contribution is 2.66. The standard InChI is InChI=1S/C22H32O4/c1-14-16-6-10-22(24)20(3,13-26-15(2)23)8-5-9-21(22,4)18(16)12-19-17(14)7-11-25-19/h7,11,14,16,18,24H,5-6,8-10,12-13H2,1-4H3/t14-,16+,18+,20-,21-,22-/m1/s1. The van der Waals surface area contributed by atoms with Crippen LogP contribution in [0.25, 0.3) is 0 Å². The zero-order chi connectivity index (χ0) is 18.7. The van der Waals surface area contributed by atoms with Crippen LogP contribution in [0, 0.1) is 22.7 Å². The minimum Gasteiger partial charge on any atom is -0.469 e. The van der Waals surface area contributed by atoms with Crippen molar-refractivity contribution in [1.82, 2.24) is 0 Å². The van der Waals surface area contributed by atoms with Crippen molar-refractivity contribution in [3.05, 3.63) is 23.7 Å². The van der Waals surface area contributed by atoms with Crippen molar-refractivity contribution in [2.45, 2.75) is 77.7 Å². The van der Waals surface area contributed by atoms with Crippen molar-refractivity contribution in [3.63, 3.8) is 0 Å². The van der Waals surface area contributed by atoms with E-state index in [1.165, 1.54) is 12.5 Å². The van der Waals surface area contributed by atoms with Crippen LogP contribution in [0.2, 0.25) is 0 Å². The molecule has 2 fully saturated rings. The molecule has 0 unspecified atom stereocenters. The molecule has 0 bridgehead atoms. The predicted octanol–water partition coefficient (Wildman–Crippen LogP) is 4.46. The lowest BCUT2D eigenvalue weighted by molar-refractivity contribution is -0.255. The molecule has 0 radical (unpaired) electrons. The number of hydrogen-bond acceptors (Lipinski definition) is 4. The third-order valence-electron chi connectivity index (χ3n) is 8.45. The summed E-state index contributed by atoms with van der Waals surface area (Å²) in [6.45, 7) is 8.49. The van der Waals surface area contributed by atoms with Gasteiger partial charge in [-0.25, -0.2) is 0 Å². The number of furan rings is 1. The fourth-order valence-electron chi connectivity index (χ4n) is 6.86. The molecule has 0 spiro atoms. The lowest BCUT2D eigenvalue weighted by Crippen LogP contribution is -2.68. The van der Waals surface area contributed by atoms with E-state index in [0.29, 0.717) is 24.4 Å². The molecule has 1 aromatic heterocycles. The molecular formula is C22H32O4. The Morgan fingerprint density at radius 3 is 2.85 bits per heavy atom. The van der Waals surface area contributed by atoms with Crippen molar-refractivity contribution < 1.29 is 19.1 Å². The van der Waals surface area contributed by atoms with E-state index < -0.39 is 5.60 Å². The van der Waals surface area contributed by atoms with E-state index in [0.717, 1.165) is 44.3 Å². The van der Waals surface area contributed by atoms with Crippen LogP contribution in [-0.4, -0.2) is 23.3 Å². The second kappa shape index (κ2) is 5.85. The quantitative estimate of drug-likeness (QED) is 0.791. The summed E-state index contributed by atoms with van der Waals surface area (Å²) in [4.78, 5) is 11.4. The Balaban J connectivity index is 1.72. The summed E-state index contributed by atoms with van der Waals surface area (Å²) < 4.78 is 11.2. The third kappa shape index (κ3) is 2.27. The fraction of sp³-hybridized carbons (Fsp3) is 0.773. The Bertz CT molecular complexity index is 709. The second-order valence-corrected chi connectivity index (χ2v) is 9.57. The highest BCUT2D eigenvalue weighted by Gasteiger charge is 2.66. The summed E-state index contributed by atoms with van der Waals surface area (Å²) in [5.74, 6) is 2.32. The van der Waals surface area contributed by atoms with E-state index in [9.17, 15) is 9.90 Å². The number of ether oxygens (including phenoxy) is 1. The van der Waals surface area contributed by atoms with Gasteiger partial charge in [-0.15, -0.1) is 0 Å². The lowest BCUT2D eigenvalue weighted by Gasteiger charge is -2.66. The van der Waals surface area contributed by atoms with Crippen molar-refractivity contribution in [3.8, 4) is 0 Å². The van der Waals surface area contributed by atoms with E-state index in [1.807, 2.05) is 6.26 Å². The number of esters is 1. The van der Waals surface area contributed by atoms with Crippen molar-refractivity contribution in [2.75, 3.05) is 6.61 Å². The molecule has 4 heteroatoms. The molecule has 2 saturated carbocycles. The SMILES string of the molecule is CC(=O)OC[C@@]1(C)CCC[C@]2(C)[C@H]3Cc4occc4[C@H](C)[C@@H]3CC[C@@]12O. The molecule has 1 heterocycles. The van der Waals surface area contributed by atoms with Crippen molar-refractivity contribution in [2.24, 2.45) is 22.7 Å². The number of hydrogen-bond donors (Lipinski definition) is 1. The van der Waals surface area contributed by atoms with E-state index in [4.69, 9.17) is 9.15 Å². The largest absolute Gasteiger partial charge is 0.469 e. The highest BCUT2D eigenvalue weighted by atomic mass is 16.5. The topological polar surface area (TPSA) is 59.7 Å². The van der Waals surface area contributed by atoms with E-state index in [2.05, 4.69) is 26.8 Å². The van der Waals surface area contributed by atoms with Gasteiger partial charge in [-0.1, -0.05) is 27.2 Å². The minimum atomic E-state index is -0.807. The Labute approximate surface area is 156 Å². The van der Waals surface area contributed by atoms with Gasteiger partial charge in [-0.3, -0.25) is 4.79 Å². The summed E-state index contributed by atoms with van der Waals surface area (Å²) in [6.07, 6.45) is 7.56. The van der Waals surface area contributed by atoms with Crippen LogP contribution >= 0.6 is 0 Å². The molecule has 144 valence electrons. The average Bonchev–Trinajstić information content (AvgIpc) is 3.05. The monoisotopic (exact) mass is 360 g/mol. The van der Waals surface area contributed by atoms with Gasteiger partial charge < -0.3 is 14.3 Å². The molecule has 26 heavy (non-hydrogen) atoms. The average molecular weight is 360 g/mol. The van der Waals surface area contributed by atoms with Gasteiger partial charge in [-0.2, -0.15) is 0 Å².